The molecule has 0 fully saturated rings. The largest absolute Gasteiger partial charge is 0.309 e. The third-order valence-corrected chi connectivity index (χ3v) is 2.85. The zero-order valence-corrected chi connectivity index (χ0v) is 10.4. The van der Waals surface area contributed by atoms with Gasteiger partial charge in [0.05, 0.1) is 0 Å². The van der Waals surface area contributed by atoms with Crippen LogP contribution in [0.2, 0.25) is 0 Å². The lowest BCUT2D eigenvalue weighted by molar-refractivity contribution is -0.108. The summed E-state index contributed by atoms with van der Waals surface area (Å²) in [5.74, 6) is 0.334. The maximum absolute atomic E-state index is 10.4. The summed E-state index contributed by atoms with van der Waals surface area (Å²) in [5, 5.41) is 0. The molecule has 0 amide bonds. The van der Waals surface area contributed by atoms with Gasteiger partial charge in [-0.25, -0.2) is 0 Å². The predicted octanol–water partition coefficient (Wildman–Crippen LogP) is 2.48. The Kier molecular flexibility index (Phi) is 5.20. The summed E-state index contributed by atoms with van der Waals surface area (Å²) in [4.78, 5) is 12.6. The van der Waals surface area contributed by atoms with E-state index in [4.69, 9.17) is 0 Å². The first-order valence-corrected chi connectivity index (χ1v) is 5.80. The normalized spacial score (nSPS) is 12.8. The maximum Gasteiger partial charge on any atom is 0.120 e. The molecule has 1 aromatic carbocycles. The highest BCUT2D eigenvalue weighted by Crippen LogP contribution is 2.18. The molecule has 88 valence electrons. The summed E-state index contributed by atoms with van der Waals surface area (Å²) < 4.78 is 0. The van der Waals surface area contributed by atoms with E-state index < -0.39 is 0 Å². The van der Waals surface area contributed by atoms with Gasteiger partial charge in [-0.2, -0.15) is 0 Å². The average Bonchev–Trinajstić information content (AvgIpc) is 2.27. The van der Waals surface area contributed by atoms with Gasteiger partial charge in [-0.3, -0.25) is 0 Å². The Bertz CT molecular complexity index is 316. The molecular formula is C14H21NO. The van der Waals surface area contributed by atoms with Gasteiger partial charge in [0.15, 0.2) is 0 Å². The molecule has 1 rings (SSSR count). The molecular weight excluding hydrogens is 198 g/mol. The second-order valence-corrected chi connectivity index (χ2v) is 4.60. The summed E-state index contributed by atoms with van der Waals surface area (Å²) in [5.41, 5.74) is 2.61. The molecule has 0 aliphatic carbocycles. The fraction of sp³-hybridized carbons (Fsp3) is 0.500. The molecule has 0 aliphatic rings. The summed E-state index contributed by atoms with van der Waals surface area (Å²) in [6, 6.07) is 8.61. The topological polar surface area (TPSA) is 20.3 Å². The van der Waals surface area contributed by atoms with Crippen LogP contribution in [0, 0.1) is 0 Å². The molecule has 0 aliphatic heterocycles. The van der Waals surface area contributed by atoms with Crippen molar-refractivity contribution in [1.29, 1.82) is 0 Å². The van der Waals surface area contributed by atoms with Crippen LogP contribution in [0.25, 0.3) is 0 Å². The number of hydrogen-bond acceptors (Lipinski definition) is 2. The molecule has 0 spiro atoms. The molecule has 2 heteroatoms. The summed E-state index contributed by atoms with van der Waals surface area (Å²) in [6.45, 7) is 3.16. The summed E-state index contributed by atoms with van der Waals surface area (Å²) >= 11 is 0. The minimum atomic E-state index is 0.334. The van der Waals surface area contributed by atoms with E-state index in [9.17, 15) is 4.79 Å². The lowest BCUT2D eigenvalue weighted by atomic mass is 9.97. The van der Waals surface area contributed by atoms with Crippen molar-refractivity contribution in [3.05, 3.63) is 35.4 Å². The van der Waals surface area contributed by atoms with Gasteiger partial charge in [0, 0.05) is 13.0 Å². The van der Waals surface area contributed by atoms with Gasteiger partial charge in [0.1, 0.15) is 6.29 Å². The number of carbonyl (C=O) groups is 1. The summed E-state index contributed by atoms with van der Waals surface area (Å²) in [6.07, 6.45) is 2.68. The predicted molar refractivity (Wildman–Crippen MR) is 67.8 cm³/mol. The van der Waals surface area contributed by atoms with E-state index in [2.05, 4.69) is 50.2 Å². The van der Waals surface area contributed by atoms with Crippen LogP contribution < -0.4 is 0 Å². The van der Waals surface area contributed by atoms with Crippen molar-refractivity contribution in [3.8, 4) is 0 Å². The lowest BCUT2D eigenvalue weighted by Crippen LogP contribution is -2.15. The van der Waals surface area contributed by atoms with E-state index in [1.807, 2.05) is 0 Å². The van der Waals surface area contributed by atoms with Crippen LogP contribution in [-0.2, 0) is 11.2 Å². The van der Waals surface area contributed by atoms with E-state index in [-0.39, 0.29) is 0 Å². The van der Waals surface area contributed by atoms with Gasteiger partial charge in [0.2, 0.25) is 0 Å². The van der Waals surface area contributed by atoms with E-state index >= 15 is 0 Å². The van der Waals surface area contributed by atoms with Crippen LogP contribution in [0.3, 0.4) is 0 Å². The Balaban J connectivity index is 2.56. The maximum atomic E-state index is 10.4. The highest BCUT2D eigenvalue weighted by Gasteiger charge is 2.04. The fourth-order valence-corrected chi connectivity index (χ4v) is 1.65. The molecule has 0 N–H and O–H groups in total. The van der Waals surface area contributed by atoms with Crippen LogP contribution in [-0.4, -0.2) is 31.8 Å². The number of hydrogen-bond donors (Lipinski definition) is 0. The highest BCUT2D eigenvalue weighted by molar-refractivity contribution is 5.51. The molecule has 1 aromatic rings. The molecule has 2 nitrogen and oxygen atoms in total. The zero-order chi connectivity index (χ0) is 12.0. The highest BCUT2D eigenvalue weighted by atomic mass is 16.1. The SMILES string of the molecule is CC(CC=O)c1ccc(CCN(C)C)cc1. The van der Waals surface area contributed by atoms with E-state index in [0.717, 1.165) is 19.3 Å². The van der Waals surface area contributed by atoms with E-state index in [1.165, 1.54) is 11.1 Å². The van der Waals surface area contributed by atoms with Crippen LogP contribution in [0.1, 0.15) is 30.4 Å². The Hall–Kier alpha value is -1.15. The number of nitrogens with zero attached hydrogens (tertiary/aromatic N) is 1. The van der Waals surface area contributed by atoms with Crippen molar-refractivity contribution < 1.29 is 4.79 Å². The summed E-state index contributed by atoms with van der Waals surface area (Å²) in [7, 11) is 4.17. The first kappa shape index (κ1) is 12.9. The molecule has 0 saturated carbocycles. The molecule has 1 unspecified atom stereocenters. The number of likely N-dealkylation sites (N-methyl/N-ethyl adjacent to an activating group) is 1. The number of aldehydes is 1. The van der Waals surface area contributed by atoms with Gasteiger partial charge < -0.3 is 9.69 Å². The second kappa shape index (κ2) is 6.44. The van der Waals surface area contributed by atoms with Crippen LogP contribution in [0.4, 0.5) is 0 Å². The van der Waals surface area contributed by atoms with Crippen LogP contribution >= 0.6 is 0 Å². The Morgan fingerprint density at radius 2 is 1.88 bits per heavy atom. The lowest BCUT2D eigenvalue weighted by Gasteiger charge is -2.11. The van der Waals surface area contributed by atoms with E-state index in [0.29, 0.717) is 12.3 Å². The minimum absolute atomic E-state index is 0.334. The minimum Gasteiger partial charge on any atom is -0.309 e. The van der Waals surface area contributed by atoms with Crippen molar-refractivity contribution >= 4 is 6.29 Å². The Morgan fingerprint density at radius 3 is 2.38 bits per heavy atom. The molecule has 0 bridgehead atoms. The Morgan fingerprint density at radius 1 is 1.25 bits per heavy atom. The Labute approximate surface area is 98.3 Å². The van der Waals surface area contributed by atoms with Crippen molar-refractivity contribution in [1.82, 2.24) is 4.90 Å². The van der Waals surface area contributed by atoms with Crippen molar-refractivity contribution in [2.75, 3.05) is 20.6 Å². The molecule has 0 radical (unpaired) electrons. The third kappa shape index (κ3) is 4.15. The molecule has 0 saturated heterocycles. The molecule has 0 aromatic heterocycles. The van der Waals surface area contributed by atoms with Crippen LogP contribution in [0.15, 0.2) is 24.3 Å². The number of rotatable bonds is 6. The average molecular weight is 219 g/mol. The molecule has 1 atom stereocenters. The van der Waals surface area contributed by atoms with Gasteiger partial charge >= 0.3 is 0 Å². The first-order chi connectivity index (χ1) is 7.63. The smallest absolute Gasteiger partial charge is 0.120 e. The zero-order valence-electron chi connectivity index (χ0n) is 10.4. The standard InChI is InChI=1S/C14H21NO/c1-12(9-11-16)14-6-4-13(5-7-14)8-10-15(2)3/h4-7,11-12H,8-10H2,1-3H3. The van der Waals surface area contributed by atoms with Crippen LogP contribution in [0.5, 0.6) is 0 Å². The number of benzene rings is 1. The molecule has 16 heavy (non-hydrogen) atoms. The van der Waals surface area contributed by atoms with Crippen molar-refractivity contribution in [3.63, 3.8) is 0 Å². The van der Waals surface area contributed by atoms with Gasteiger partial charge in [-0.15, -0.1) is 0 Å². The monoisotopic (exact) mass is 219 g/mol. The van der Waals surface area contributed by atoms with Gasteiger partial charge in [-0.1, -0.05) is 31.2 Å². The number of carbonyl (C=O) groups excluding carboxylic acids is 1. The second-order valence-electron chi connectivity index (χ2n) is 4.60. The third-order valence-electron chi connectivity index (χ3n) is 2.85. The van der Waals surface area contributed by atoms with Crippen molar-refractivity contribution in [2.45, 2.75) is 25.7 Å². The van der Waals surface area contributed by atoms with Crippen molar-refractivity contribution in [2.24, 2.45) is 0 Å². The molecule has 0 heterocycles. The quantitative estimate of drug-likeness (QED) is 0.685. The fourth-order valence-electron chi connectivity index (χ4n) is 1.65. The van der Waals surface area contributed by atoms with Gasteiger partial charge in [0.25, 0.3) is 0 Å². The van der Waals surface area contributed by atoms with Gasteiger partial charge in [-0.05, 0) is 37.6 Å². The first-order valence-electron chi connectivity index (χ1n) is 5.80. The van der Waals surface area contributed by atoms with E-state index in [1.54, 1.807) is 0 Å².